The van der Waals surface area contributed by atoms with Crippen LogP contribution in [0.5, 0.6) is 0 Å². The number of carbonyl (C=O) groups is 1. The van der Waals surface area contributed by atoms with Crippen molar-refractivity contribution in [2.75, 3.05) is 5.43 Å². The molecule has 7 nitrogen and oxygen atoms in total. The Bertz CT molecular complexity index is 551. The predicted molar refractivity (Wildman–Crippen MR) is 79.9 cm³/mol. The van der Waals surface area contributed by atoms with Crippen molar-refractivity contribution >= 4 is 17.3 Å². The van der Waals surface area contributed by atoms with Gasteiger partial charge in [0.25, 0.3) is 11.6 Å². The molecule has 3 N–H and O–H groups in total. The Morgan fingerprint density at radius 3 is 2.52 bits per heavy atom. The van der Waals surface area contributed by atoms with Crippen molar-refractivity contribution in [3.8, 4) is 0 Å². The minimum absolute atomic E-state index is 0.110. The number of benzene rings is 1. The fraction of sp³-hybridized carbons (Fsp3) is 0.500. The molecule has 2 atom stereocenters. The van der Waals surface area contributed by atoms with Crippen molar-refractivity contribution in [2.45, 2.75) is 45.2 Å². The topological polar surface area (TPSA) is 102 Å². The van der Waals surface area contributed by atoms with E-state index in [1.54, 1.807) is 0 Å². The number of hydrazine groups is 1. The summed E-state index contributed by atoms with van der Waals surface area (Å²) < 4.78 is 0. The molecule has 2 rings (SSSR count). The van der Waals surface area contributed by atoms with E-state index < -0.39 is 4.92 Å². The normalized spacial score (nSPS) is 22.0. The van der Waals surface area contributed by atoms with Crippen LogP contribution in [-0.4, -0.2) is 27.8 Å². The quantitative estimate of drug-likeness (QED) is 0.505. The highest BCUT2D eigenvalue weighted by atomic mass is 16.6. The number of nitrogens with one attached hydrogen (secondary N) is 1. The van der Waals surface area contributed by atoms with E-state index >= 15 is 0 Å². The largest absolute Gasteiger partial charge is 0.333 e. The second-order valence-electron chi connectivity index (χ2n) is 5.47. The van der Waals surface area contributed by atoms with Crippen molar-refractivity contribution in [1.82, 2.24) is 4.90 Å². The van der Waals surface area contributed by atoms with Crippen LogP contribution in [0.4, 0.5) is 11.4 Å². The molecule has 0 bridgehead atoms. The number of carbonyl (C=O) groups excluding carboxylic acids is 1. The molecular formula is C14H20N4O3. The number of likely N-dealkylation sites (tertiary alicyclic amines) is 1. The molecule has 1 aliphatic rings. The predicted octanol–water partition coefficient (Wildman–Crippen LogP) is 2.28. The number of nitro benzene ring substituents is 1. The second-order valence-corrected chi connectivity index (χ2v) is 5.47. The molecule has 1 heterocycles. The van der Waals surface area contributed by atoms with E-state index in [4.69, 9.17) is 5.84 Å². The van der Waals surface area contributed by atoms with Crippen molar-refractivity contribution < 1.29 is 9.72 Å². The number of hydrogen-bond donors (Lipinski definition) is 2. The summed E-state index contributed by atoms with van der Waals surface area (Å²) in [6.45, 7) is 4.06. The summed E-state index contributed by atoms with van der Waals surface area (Å²) in [7, 11) is 0. The van der Waals surface area contributed by atoms with Crippen LogP contribution in [-0.2, 0) is 0 Å². The first-order chi connectivity index (χ1) is 9.95. The molecule has 0 spiro atoms. The van der Waals surface area contributed by atoms with Gasteiger partial charge in [-0.15, -0.1) is 0 Å². The van der Waals surface area contributed by atoms with E-state index in [2.05, 4.69) is 5.43 Å². The maximum Gasteiger partial charge on any atom is 0.293 e. The lowest BCUT2D eigenvalue weighted by Crippen LogP contribution is -2.47. The third-order valence-corrected chi connectivity index (χ3v) is 4.02. The lowest BCUT2D eigenvalue weighted by atomic mass is 9.96. The summed E-state index contributed by atoms with van der Waals surface area (Å²) in [6.07, 6.45) is 3.07. The molecule has 2 unspecified atom stereocenters. The first kappa shape index (κ1) is 15.2. The van der Waals surface area contributed by atoms with E-state index in [-0.39, 0.29) is 29.4 Å². The highest BCUT2D eigenvalue weighted by Crippen LogP contribution is 2.28. The van der Waals surface area contributed by atoms with Crippen LogP contribution in [0.2, 0.25) is 0 Å². The van der Waals surface area contributed by atoms with Gasteiger partial charge in [0.2, 0.25) is 0 Å². The Morgan fingerprint density at radius 2 is 2.00 bits per heavy atom. The number of hydrogen-bond acceptors (Lipinski definition) is 5. The maximum absolute atomic E-state index is 12.7. The number of nitrogens with two attached hydrogens (primary N) is 1. The van der Waals surface area contributed by atoms with Crippen molar-refractivity contribution in [3.63, 3.8) is 0 Å². The van der Waals surface area contributed by atoms with Crippen LogP contribution < -0.4 is 11.3 Å². The molecule has 0 aromatic heterocycles. The van der Waals surface area contributed by atoms with Crippen LogP contribution in [0, 0.1) is 10.1 Å². The van der Waals surface area contributed by atoms with E-state index in [0.29, 0.717) is 5.56 Å². The zero-order valence-corrected chi connectivity index (χ0v) is 12.2. The molecule has 0 radical (unpaired) electrons. The molecule has 1 fully saturated rings. The average Bonchev–Trinajstić information content (AvgIpc) is 2.46. The van der Waals surface area contributed by atoms with Crippen molar-refractivity contribution in [3.05, 3.63) is 33.9 Å². The molecular weight excluding hydrogens is 272 g/mol. The Morgan fingerprint density at radius 1 is 1.38 bits per heavy atom. The number of piperidine rings is 1. The maximum atomic E-state index is 12.7. The number of rotatable bonds is 3. The van der Waals surface area contributed by atoms with Crippen LogP contribution >= 0.6 is 0 Å². The zero-order chi connectivity index (χ0) is 15.6. The van der Waals surface area contributed by atoms with Gasteiger partial charge in [-0.05, 0) is 45.2 Å². The van der Waals surface area contributed by atoms with Gasteiger partial charge in [0.1, 0.15) is 5.69 Å². The molecule has 7 heteroatoms. The van der Waals surface area contributed by atoms with Gasteiger partial charge in [0.05, 0.1) is 4.92 Å². The molecule has 1 amide bonds. The Labute approximate surface area is 123 Å². The number of anilines is 1. The molecule has 114 valence electrons. The van der Waals surface area contributed by atoms with Gasteiger partial charge in [-0.2, -0.15) is 0 Å². The number of nitrogens with zero attached hydrogens (tertiary/aromatic N) is 2. The minimum atomic E-state index is -0.532. The zero-order valence-electron chi connectivity index (χ0n) is 12.2. The standard InChI is InChI=1S/C14H20N4O3/c1-9-4-3-5-10(2)17(9)14(19)11-6-7-13(18(20)21)12(8-11)16-15/h6-10,16H,3-5,15H2,1-2H3. The molecule has 21 heavy (non-hydrogen) atoms. The second kappa shape index (κ2) is 6.09. The van der Waals surface area contributed by atoms with Gasteiger partial charge in [0.15, 0.2) is 0 Å². The molecule has 0 saturated carbocycles. The summed E-state index contributed by atoms with van der Waals surface area (Å²) in [4.78, 5) is 24.9. The van der Waals surface area contributed by atoms with Gasteiger partial charge in [-0.3, -0.25) is 20.8 Å². The smallest absolute Gasteiger partial charge is 0.293 e. The SMILES string of the molecule is CC1CCCC(C)N1C(=O)c1ccc([N+](=O)[O-])c(NN)c1. The van der Waals surface area contributed by atoms with E-state index in [1.807, 2.05) is 18.7 Å². The van der Waals surface area contributed by atoms with E-state index in [1.165, 1.54) is 18.2 Å². The molecule has 1 saturated heterocycles. The van der Waals surface area contributed by atoms with Crippen LogP contribution in [0.1, 0.15) is 43.5 Å². The summed E-state index contributed by atoms with van der Waals surface area (Å²) in [5.74, 6) is 5.20. The molecule has 1 aromatic carbocycles. The Hall–Kier alpha value is -2.15. The van der Waals surface area contributed by atoms with Crippen LogP contribution in [0.3, 0.4) is 0 Å². The average molecular weight is 292 g/mol. The third-order valence-electron chi connectivity index (χ3n) is 4.02. The highest BCUT2D eigenvalue weighted by molar-refractivity contribution is 5.96. The number of nitrogen functional groups attached to an aromatic ring is 1. The van der Waals surface area contributed by atoms with Crippen molar-refractivity contribution in [1.29, 1.82) is 0 Å². The number of nitro groups is 1. The summed E-state index contributed by atoms with van der Waals surface area (Å²) in [5, 5.41) is 10.9. The lowest BCUT2D eigenvalue weighted by molar-refractivity contribution is -0.384. The fourth-order valence-corrected chi connectivity index (χ4v) is 2.91. The number of amides is 1. The Balaban J connectivity index is 2.32. The first-order valence-electron chi connectivity index (χ1n) is 7.03. The van der Waals surface area contributed by atoms with Gasteiger partial charge in [-0.1, -0.05) is 0 Å². The van der Waals surface area contributed by atoms with Crippen LogP contribution in [0.25, 0.3) is 0 Å². The molecule has 1 aromatic rings. The first-order valence-corrected chi connectivity index (χ1v) is 7.03. The van der Waals surface area contributed by atoms with Gasteiger partial charge in [0, 0.05) is 23.7 Å². The fourth-order valence-electron chi connectivity index (χ4n) is 2.91. The van der Waals surface area contributed by atoms with E-state index in [9.17, 15) is 14.9 Å². The summed E-state index contributed by atoms with van der Waals surface area (Å²) >= 11 is 0. The van der Waals surface area contributed by atoms with Crippen LogP contribution in [0.15, 0.2) is 18.2 Å². The van der Waals surface area contributed by atoms with Gasteiger partial charge < -0.3 is 10.3 Å². The Kier molecular flexibility index (Phi) is 4.42. The van der Waals surface area contributed by atoms with Gasteiger partial charge >= 0.3 is 0 Å². The van der Waals surface area contributed by atoms with Crippen molar-refractivity contribution in [2.24, 2.45) is 5.84 Å². The minimum Gasteiger partial charge on any atom is -0.333 e. The summed E-state index contributed by atoms with van der Waals surface area (Å²) in [5.41, 5.74) is 2.69. The van der Waals surface area contributed by atoms with Gasteiger partial charge in [-0.25, -0.2) is 0 Å². The summed E-state index contributed by atoms with van der Waals surface area (Å²) in [6, 6.07) is 4.57. The molecule has 0 aliphatic carbocycles. The molecule has 1 aliphatic heterocycles. The third kappa shape index (κ3) is 2.97. The van der Waals surface area contributed by atoms with E-state index in [0.717, 1.165) is 19.3 Å². The lowest BCUT2D eigenvalue weighted by Gasteiger charge is -2.39. The monoisotopic (exact) mass is 292 g/mol. The highest BCUT2D eigenvalue weighted by Gasteiger charge is 2.30.